The predicted octanol–water partition coefficient (Wildman–Crippen LogP) is 2.58. The number of hydrogen-bond donors (Lipinski definition) is 1. The zero-order chi connectivity index (χ0) is 12.3. The van der Waals surface area contributed by atoms with E-state index in [2.05, 4.69) is 60.4 Å². The maximum absolute atomic E-state index is 3.61. The third-order valence-corrected chi connectivity index (χ3v) is 6.30. The van der Waals surface area contributed by atoms with Crippen LogP contribution in [0.25, 0.3) is 0 Å². The molecule has 1 N–H and O–H groups in total. The van der Waals surface area contributed by atoms with Crippen molar-refractivity contribution in [2.75, 3.05) is 23.8 Å². The van der Waals surface area contributed by atoms with E-state index in [1.807, 2.05) is 0 Å². The molecule has 1 unspecified atom stereocenters. The molecule has 1 aromatic rings. The average Bonchev–Trinajstić information content (AvgIpc) is 2.59. The molecule has 1 aliphatic rings. The van der Waals surface area contributed by atoms with Gasteiger partial charge in [0, 0.05) is 54.0 Å². The molecule has 2 rings (SSSR count). The SMILES string of the molecule is Cc1cc(CNCC2CSCCS2)c(C)n1C. The van der Waals surface area contributed by atoms with Crippen LogP contribution < -0.4 is 5.32 Å². The highest BCUT2D eigenvalue weighted by Crippen LogP contribution is 2.23. The van der Waals surface area contributed by atoms with Crippen molar-refractivity contribution in [2.45, 2.75) is 25.6 Å². The Bertz CT molecular complexity index is 368. The highest BCUT2D eigenvalue weighted by atomic mass is 32.2. The Morgan fingerprint density at radius 1 is 1.41 bits per heavy atom. The molecule has 2 heterocycles. The Kier molecular flexibility index (Phi) is 4.88. The van der Waals surface area contributed by atoms with E-state index in [4.69, 9.17) is 0 Å². The fourth-order valence-electron chi connectivity index (χ4n) is 2.13. The third-order valence-electron chi connectivity index (χ3n) is 3.45. The summed E-state index contributed by atoms with van der Waals surface area (Å²) in [6.45, 7) is 6.53. The van der Waals surface area contributed by atoms with Crippen LogP contribution in [0.3, 0.4) is 0 Å². The van der Waals surface area contributed by atoms with E-state index in [-0.39, 0.29) is 0 Å². The van der Waals surface area contributed by atoms with Gasteiger partial charge in [0.25, 0.3) is 0 Å². The summed E-state index contributed by atoms with van der Waals surface area (Å²) in [7, 11) is 2.14. The summed E-state index contributed by atoms with van der Waals surface area (Å²) in [5.41, 5.74) is 4.18. The van der Waals surface area contributed by atoms with Crippen molar-refractivity contribution in [1.82, 2.24) is 9.88 Å². The topological polar surface area (TPSA) is 17.0 Å². The second-order valence-electron chi connectivity index (χ2n) is 4.65. The monoisotopic (exact) mass is 270 g/mol. The summed E-state index contributed by atoms with van der Waals surface area (Å²) in [6.07, 6.45) is 0. The molecule has 0 spiro atoms. The lowest BCUT2D eigenvalue weighted by Crippen LogP contribution is -2.28. The number of nitrogens with zero attached hydrogens (tertiary/aromatic N) is 1. The van der Waals surface area contributed by atoms with E-state index < -0.39 is 0 Å². The molecule has 1 atom stereocenters. The first-order chi connectivity index (χ1) is 8.18. The number of nitrogens with one attached hydrogen (secondary N) is 1. The molecule has 1 saturated heterocycles. The van der Waals surface area contributed by atoms with Gasteiger partial charge in [0.05, 0.1) is 0 Å². The van der Waals surface area contributed by atoms with Crippen LogP contribution in [0.1, 0.15) is 17.0 Å². The van der Waals surface area contributed by atoms with E-state index in [9.17, 15) is 0 Å². The van der Waals surface area contributed by atoms with Crippen molar-refractivity contribution in [3.05, 3.63) is 23.0 Å². The second-order valence-corrected chi connectivity index (χ2v) is 7.21. The number of thioether (sulfide) groups is 2. The second kappa shape index (κ2) is 6.21. The van der Waals surface area contributed by atoms with Gasteiger partial charge in [0.15, 0.2) is 0 Å². The van der Waals surface area contributed by atoms with Gasteiger partial charge in [-0.3, -0.25) is 0 Å². The van der Waals surface area contributed by atoms with E-state index in [1.54, 1.807) is 0 Å². The van der Waals surface area contributed by atoms with Gasteiger partial charge in [0.2, 0.25) is 0 Å². The maximum atomic E-state index is 3.61. The van der Waals surface area contributed by atoms with E-state index in [0.717, 1.165) is 18.3 Å². The third kappa shape index (κ3) is 3.46. The summed E-state index contributed by atoms with van der Waals surface area (Å²) in [6, 6.07) is 2.30. The number of hydrogen-bond acceptors (Lipinski definition) is 3. The first-order valence-corrected chi connectivity index (χ1v) is 8.40. The average molecular weight is 270 g/mol. The Morgan fingerprint density at radius 3 is 2.82 bits per heavy atom. The summed E-state index contributed by atoms with van der Waals surface area (Å²) in [5, 5.41) is 4.41. The van der Waals surface area contributed by atoms with Crippen LogP contribution in [-0.4, -0.2) is 33.6 Å². The van der Waals surface area contributed by atoms with E-state index >= 15 is 0 Å². The van der Waals surface area contributed by atoms with Gasteiger partial charge in [0.1, 0.15) is 0 Å². The zero-order valence-corrected chi connectivity index (χ0v) is 12.6. The van der Waals surface area contributed by atoms with Crippen LogP contribution in [-0.2, 0) is 13.6 Å². The highest BCUT2D eigenvalue weighted by molar-refractivity contribution is 8.06. The number of aromatic nitrogens is 1. The first-order valence-electron chi connectivity index (χ1n) is 6.20. The van der Waals surface area contributed by atoms with Gasteiger partial charge >= 0.3 is 0 Å². The molecule has 0 aliphatic carbocycles. The van der Waals surface area contributed by atoms with E-state index in [1.165, 1.54) is 34.2 Å². The molecule has 17 heavy (non-hydrogen) atoms. The van der Waals surface area contributed by atoms with Gasteiger partial charge in [-0.25, -0.2) is 0 Å². The van der Waals surface area contributed by atoms with Crippen LogP contribution >= 0.6 is 23.5 Å². The molecule has 96 valence electrons. The van der Waals surface area contributed by atoms with Crippen molar-refractivity contribution in [3.8, 4) is 0 Å². The van der Waals surface area contributed by atoms with Gasteiger partial charge in [-0.2, -0.15) is 23.5 Å². The summed E-state index contributed by atoms with van der Waals surface area (Å²) in [5.74, 6) is 3.96. The van der Waals surface area contributed by atoms with Gasteiger partial charge in [-0.05, 0) is 25.5 Å². The molecular weight excluding hydrogens is 248 g/mol. The Morgan fingerprint density at radius 2 is 2.24 bits per heavy atom. The lowest BCUT2D eigenvalue weighted by atomic mass is 10.2. The predicted molar refractivity (Wildman–Crippen MR) is 80.2 cm³/mol. The van der Waals surface area contributed by atoms with Crippen molar-refractivity contribution in [2.24, 2.45) is 7.05 Å². The number of aryl methyl sites for hydroxylation is 1. The summed E-state index contributed by atoms with van der Waals surface area (Å²) < 4.78 is 2.27. The summed E-state index contributed by atoms with van der Waals surface area (Å²) >= 11 is 4.22. The zero-order valence-electron chi connectivity index (χ0n) is 11.0. The number of rotatable bonds is 4. The molecule has 4 heteroatoms. The molecule has 1 aromatic heterocycles. The molecule has 0 amide bonds. The normalized spacial score (nSPS) is 20.8. The first kappa shape index (κ1) is 13.4. The Labute approximate surface area is 113 Å². The van der Waals surface area contributed by atoms with Crippen molar-refractivity contribution in [3.63, 3.8) is 0 Å². The summed E-state index contributed by atoms with van der Waals surface area (Å²) in [4.78, 5) is 0. The minimum absolute atomic E-state index is 0.805. The standard InChI is InChI=1S/C13H22N2S2/c1-10-6-12(11(2)15(10)3)7-14-8-13-9-16-4-5-17-13/h6,13-14H,4-5,7-9H2,1-3H3. The van der Waals surface area contributed by atoms with Crippen molar-refractivity contribution < 1.29 is 0 Å². The van der Waals surface area contributed by atoms with Crippen LogP contribution in [0.2, 0.25) is 0 Å². The fraction of sp³-hybridized carbons (Fsp3) is 0.692. The van der Waals surface area contributed by atoms with Crippen LogP contribution in [0, 0.1) is 13.8 Å². The lowest BCUT2D eigenvalue weighted by molar-refractivity contribution is 0.681. The van der Waals surface area contributed by atoms with Crippen LogP contribution in [0.15, 0.2) is 6.07 Å². The molecule has 1 fully saturated rings. The Balaban J connectivity index is 1.79. The molecule has 0 aromatic carbocycles. The smallest absolute Gasteiger partial charge is 0.0263 e. The lowest BCUT2D eigenvalue weighted by Gasteiger charge is -2.21. The molecule has 1 aliphatic heterocycles. The van der Waals surface area contributed by atoms with Crippen LogP contribution in [0.4, 0.5) is 0 Å². The molecule has 2 nitrogen and oxygen atoms in total. The van der Waals surface area contributed by atoms with Gasteiger partial charge < -0.3 is 9.88 Å². The molecular formula is C13H22N2S2. The Hall–Kier alpha value is -0.0600. The van der Waals surface area contributed by atoms with E-state index in [0.29, 0.717) is 0 Å². The minimum atomic E-state index is 0.805. The molecule has 0 bridgehead atoms. The molecule has 0 saturated carbocycles. The largest absolute Gasteiger partial charge is 0.352 e. The van der Waals surface area contributed by atoms with Gasteiger partial charge in [-0.15, -0.1) is 0 Å². The van der Waals surface area contributed by atoms with Crippen LogP contribution in [0.5, 0.6) is 0 Å². The van der Waals surface area contributed by atoms with Gasteiger partial charge in [-0.1, -0.05) is 0 Å². The van der Waals surface area contributed by atoms with Crippen molar-refractivity contribution in [1.29, 1.82) is 0 Å². The minimum Gasteiger partial charge on any atom is -0.352 e. The molecule has 0 radical (unpaired) electrons. The van der Waals surface area contributed by atoms with Crippen molar-refractivity contribution >= 4 is 23.5 Å². The fourth-order valence-corrected chi connectivity index (χ4v) is 4.78. The highest BCUT2D eigenvalue weighted by Gasteiger charge is 2.14. The maximum Gasteiger partial charge on any atom is 0.0263 e. The quantitative estimate of drug-likeness (QED) is 0.906.